The topological polar surface area (TPSA) is 75.1 Å². The molecule has 5 nitrogen and oxygen atoms in total. The normalized spacial score (nSPS) is 9.74. The van der Waals surface area contributed by atoms with Crippen LogP contribution in [0.1, 0.15) is 5.56 Å². The average Bonchev–Trinajstić information content (AvgIpc) is 2.45. The molecule has 2 rings (SSSR count). The third-order valence-corrected chi connectivity index (χ3v) is 2.77. The van der Waals surface area contributed by atoms with E-state index in [4.69, 9.17) is 14.7 Å². The predicted molar refractivity (Wildman–Crippen MR) is 70.3 cm³/mol. The maximum absolute atomic E-state index is 11.6. The lowest BCUT2D eigenvalue weighted by molar-refractivity contribution is 0.356. The second-order valence-corrected chi connectivity index (χ2v) is 3.75. The van der Waals surface area contributed by atoms with Gasteiger partial charge in [0.25, 0.3) is 5.56 Å². The molecule has 1 N–H and O–H groups in total. The van der Waals surface area contributed by atoms with Crippen molar-refractivity contribution in [1.82, 2.24) is 4.98 Å². The highest BCUT2D eigenvalue weighted by Crippen LogP contribution is 2.38. The maximum atomic E-state index is 11.6. The molecule has 2 aromatic rings. The molecule has 1 heterocycles. The quantitative estimate of drug-likeness (QED) is 0.910. The van der Waals surface area contributed by atoms with Gasteiger partial charge in [0.15, 0.2) is 11.5 Å². The van der Waals surface area contributed by atoms with Crippen LogP contribution in [0, 0.1) is 11.3 Å². The maximum Gasteiger partial charge on any atom is 0.266 e. The van der Waals surface area contributed by atoms with Gasteiger partial charge in [0.05, 0.1) is 14.2 Å². The van der Waals surface area contributed by atoms with Crippen molar-refractivity contribution in [3.63, 3.8) is 0 Å². The summed E-state index contributed by atoms with van der Waals surface area (Å²) in [5, 5.41) is 9.11. The number of H-pyrrole nitrogens is 1. The van der Waals surface area contributed by atoms with E-state index in [9.17, 15) is 4.79 Å². The Morgan fingerprint density at radius 2 is 1.95 bits per heavy atom. The molecule has 5 heteroatoms. The molecule has 96 valence electrons. The molecule has 1 aromatic heterocycles. The SMILES string of the molecule is COc1cccc(-c2cc[nH]c(=O)c2C#N)c1OC. The standard InChI is InChI=1S/C14H12N2O3/c1-18-12-5-3-4-10(13(12)19-2)9-6-7-16-14(17)11(9)8-15/h3-7H,1-2H3,(H,16,17). The lowest BCUT2D eigenvalue weighted by atomic mass is 10.0. The summed E-state index contributed by atoms with van der Waals surface area (Å²) < 4.78 is 10.5. The third kappa shape index (κ3) is 2.16. The Bertz CT molecular complexity index is 699. The predicted octanol–water partition coefficient (Wildman–Crippen LogP) is 1.93. The molecule has 0 spiro atoms. The fourth-order valence-electron chi connectivity index (χ4n) is 1.91. The van der Waals surface area contributed by atoms with Gasteiger partial charge < -0.3 is 14.5 Å². The summed E-state index contributed by atoms with van der Waals surface area (Å²) >= 11 is 0. The average molecular weight is 256 g/mol. The summed E-state index contributed by atoms with van der Waals surface area (Å²) in [5.74, 6) is 1.04. The van der Waals surface area contributed by atoms with Crippen LogP contribution in [0.25, 0.3) is 11.1 Å². The highest BCUT2D eigenvalue weighted by molar-refractivity contribution is 5.77. The minimum atomic E-state index is -0.426. The number of methoxy groups -OCH3 is 2. The molecule has 0 saturated carbocycles. The van der Waals surface area contributed by atoms with Crippen LogP contribution in [-0.4, -0.2) is 19.2 Å². The number of nitrogens with one attached hydrogen (secondary N) is 1. The number of nitriles is 1. The second kappa shape index (κ2) is 5.27. The minimum Gasteiger partial charge on any atom is -0.493 e. The molecule has 1 aromatic carbocycles. The second-order valence-electron chi connectivity index (χ2n) is 3.75. The first kappa shape index (κ1) is 12.7. The number of aromatic amines is 1. The Labute approximate surface area is 110 Å². The van der Waals surface area contributed by atoms with Gasteiger partial charge in [-0.2, -0.15) is 5.26 Å². The van der Waals surface area contributed by atoms with Crippen LogP contribution in [-0.2, 0) is 0 Å². The summed E-state index contributed by atoms with van der Waals surface area (Å²) in [6.07, 6.45) is 1.50. The lowest BCUT2D eigenvalue weighted by Crippen LogP contribution is -2.10. The van der Waals surface area contributed by atoms with Crippen LogP contribution in [0.3, 0.4) is 0 Å². The van der Waals surface area contributed by atoms with Crippen molar-refractivity contribution in [1.29, 1.82) is 5.26 Å². The monoisotopic (exact) mass is 256 g/mol. The first-order valence-electron chi connectivity index (χ1n) is 5.56. The molecule has 0 fully saturated rings. The molecule has 0 radical (unpaired) electrons. The number of nitrogens with zero attached hydrogens (tertiary/aromatic N) is 1. The molecular weight excluding hydrogens is 244 g/mol. The van der Waals surface area contributed by atoms with Crippen molar-refractivity contribution in [3.8, 4) is 28.7 Å². The van der Waals surface area contributed by atoms with E-state index in [1.54, 1.807) is 24.3 Å². The van der Waals surface area contributed by atoms with Crippen LogP contribution in [0.5, 0.6) is 11.5 Å². The molecule has 0 saturated heterocycles. The van der Waals surface area contributed by atoms with Gasteiger partial charge in [-0.05, 0) is 12.1 Å². The summed E-state index contributed by atoms with van der Waals surface area (Å²) in [5.41, 5.74) is 0.783. The molecule has 19 heavy (non-hydrogen) atoms. The van der Waals surface area contributed by atoms with E-state index in [0.717, 1.165) is 0 Å². The Morgan fingerprint density at radius 3 is 2.58 bits per heavy atom. The highest BCUT2D eigenvalue weighted by atomic mass is 16.5. The van der Waals surface area contributed by atoms with E-state index in [1.807, 2.05) is 6.07 Å². The van der Waals surface area contributed by atoms with Crippen molar-refractivity contribution in [3.05, 3.63) is 46.4 Å². The molecule has 0 aliphatic rings. The van der Waals surface area contributed by atoms with Gasteiger partial charge >= 0.3 is 0 Å². The minimum absolute atomic E-state index is 0.0500. The third-order valence-electron chi connectivity index (χ3n) is 2.77. The Kier molecular flexibility index (Phi) is 3.53. The van der Waals surface area contributed by atoms with E-state index in [2.05, 4.69) is 4.98 Å². The first-order chi connectivity index (χ1) is 9.22. The van der Waals surface area contributed by atoms with Gasteiger partial charge in [0, 0.05) is 17.3 Å². The number of pyridine rings is 1. The van der Waals surface area contributed by atoms with Crippen LogP contribution in [0.2, 0.25) is 0 Å². The fraction of sp³-hybridized carbons (Fsp3) is 0.143. The Hall–Kier alpha value is -2.74. The highest BCUT2D eigenvalue weighted by Gasteiger charge is 2.15. The molecule has 0 aliphatic carbocycles. The Morgan fingerprint density at radius 1 is 1.16 bits per heavy atom. The molecule has 0 bridgehead atoms. The summed E-state index contributed by atoms with van der Waals surface area (Å²) in [7, 11) is 3.05. The Balaban J connectivity index is 2.77. The molecule has 0 amide bonds. The number of benzene rings is 1. The number of hydrogen-bond donors (Lipinski definition) is 1. The van der Waals surface area contributed by atoms with E-state index < -0.39 is 5.56 Å². The van der Waals surface area contributed by atoms with Gasteiger partial charge in [-0.25, -0.2) is 0 Å². The van der Waals surface area contributed by atoms with Gasteiger partial charge in [0.1, 0.15) is 11.6 Å². The number of aromatic nitrogens is 1. The van der Waals surface area contributed by atoms with Gasteiger partial charge in [-0.15, -0.1) is 0 Å². The van der Waals surface area contributed by atoms with Crippen molar-refractivity contribution in [2.24, 2.45) is 0 Å². The van der Waals surface area contributed by atoms with Crippen LogP contribution in [0.15, 0.2) is 35.3 Å². The number of para-hydroxylation sites is 1. The van der Waals surface area contributed by atoms with Crippen molar-refractivity contribution in [2.45, 2.75) is 0 Å². The zero-order valence-electron chi connectivity index (χ0n) is 10.6. The van der Waals surface area contributed by atoms with Crippen molar-refractivity contribution in [2.75, 3.05) is 14.2 Å². The van der Waals surface area contributed by atoms with E-state index >= 15 is 0 Å². The smallest absolute Gasteiger partial charge is 0.266 e. The number of rotatable bonds is 3. The van der Waals surface area contributed by atoms with E-state index in [1.165, 1.54) is 20.4 Å². The summed E-state index contributed by atoms with van der Waals surface area (Å²) in [6, 6.07) is 8.88. The lowest BCUT2D eigenvalue weighted by Gasteiger charge is -2.13. The van der Waals surface area contributed by atoms with E-state index in [0.29, 0.717) is 22.6 Å². The van der Waals surface area contributed by atoms with Crippen molar-refractivity contribution >= 4 is 0 Å². The van der Waals surface area contributed by atoms with Crippen LogP contribution >= 0.6 is 0 Å². The zero-order valence-corrected chi connectivity index (χ0v) is 10.6. The van der Waals surface area contributed by atoms with E-state index in [-0.39, 0.29) is 5.56 Å². The molecule has 0 unspecified atom stereocenters. The van der Waals surface area contributed by atoms with Crippen molar-refractivity contribution < 1.29 is 9.47 Å². The van der Waals surface area contributed by atoms with Gasteiger partial charge in [-0.1, -0.05) is 12.1 Å². The zero-order chi connectivity index (χ0) is 13.8. The number of ether oxygens (including phenoxy) is 2. The summed E-state index contributed by atoms with van der Waals surface area (Å²) in [6.45, 7) is 0. The molecule has 0 aliphatic heterocycles. The molecule has 0 atom stereocenters. The van der Waals surface area contributed by atoms with Gasteiger partial charge in [0.2, 0.25) is 0 Å². The number of hydrogen-bond acceptors (Lipinski definition) is 4. The fourth-order valence-corrected chi connectivity index (χ4v) is 1.91. The molecular formula is C14H12N2O3. The largest absolute Gasteiger partial charge is 0.493 e. The first-order valence-corrected chi connectivity index (χ1v) is 5.56. The summed E-state index contributed by atoms with van der Waals surface area (Å²) in [4.78, 5) is 14.1. The van der Waals surface area contributed by atoms with Crippen LogP contribution < -0.4 is 15.0 Å². The van der Waals surface area contributed by atoms with Crippen LogP contribution in [0.4, 0.5) is 0 Å². The van der Waals surface area contributed by atoms with Gasteiger partial charge in [-0.3, -0.25) is 4.79 Å².